The average Bonchev–Trinajstić information content (AvgIpc) is 2.76. The van der Waals surface area contributed by atoms with E-state index in [0.717, 1.165) is 0 Å². The van der Waals surface area contributed by atoms with Crippen molar-refractivity contribution in [3.8, 4) is 5.75 Å². The van der Waals surface area contributed by atoms with Gasteiger partial charge in [-0.05, 0) is 32.9 Å². The van der Waals surface area contributed by atoms with Gasteiger partial charge in [0.2, 0.25) is 0 Å². The van der Waals surface area contributed by atoms with Crippen molar-refractivity contribution < 1.29 is 24.2 Å². The van der Waals surface area contributed by atoms with Crippen molar-refractivity contribution in [1.29, 1.82) is 0 Å². The van der Waals surface area contributed by atoms with Gasteiger partial charge < -0.3 is 14.6 Å². The molecule has 2 rings (SSSR count). The lowest BCUT2D eigenvalue weighted by Gasteiger charge is -2.19. The summed E-state index contributed by atoms with van der Waals surface area (Å²) in [5.74, 6) is -0.737. The minimum absolute atomic E-state index is 0.00620. The molecule has 6 nitrogen and oxygen atoms in total. The maximum atomic E-state index is 12.2. The maximum absolute atomic E-state index is 12.2. The first-order chi connectivity index (χ1) is 9.74. The summed E-state index contributed by atoms with van der Waals surface area (Å²) in [7, 11) is 1.45. The predicted molar refractivity (Wildman–Crippen MR) is 77.1 cm³/mol. The molecule has 0 aliphatic rings. The fourth-order valence-electron chi connectivity index (χ4n) is 2.05. The second kappa shape index (κ2) is 5.12. The van der Waals surface area contributed by atoms with Crippen molar-refractivity contribution >= 4 is 23.0 Å². The number of nitrogens with zero attached hydrogens (tertiary/aromatic N) is 1. The van der Waals surface area contributed by atoms with E-state index >= 15 is 0 Å². The zero-order valence-electron chi connectivity index (χ0n) is 12.3. The van der Waals surface area contributed by atoms with E-state index in [1.165, 1.54) is 17.9 Å². The van der Waals surface area contributed by atoms with Crippen molar-refractivity contribution in [2.24, 2.45) is 0 Å². The molecular weight excluding hydrogens is 274 g/mol. The summed E-state index contributed by atoms with van der Waals surface area (Å²) in [6, 6.07) is 4.98. The number of hydrogen-bond donors (Lipinski definition) is 1. The number of methoxy groups -OCH3 is 1. The Balaban J connectivity index is 2.66. The summed E-state index contributed by atoms with van der Waals surface area (Å²) >= 11 is 0. The molecule has 6 heteroatoms. The molecule has 1 heterocycles. The Morgan fingerprint density at radius 3 is 2.43 bits per heavy atom. The summed E-state index contributed by atoms with van der Waals surface area (Å²) in [5, 5.41) is 9.68. The van der Waals surface area contributed by atoms with Crippen LogP contribution in [0.25, 0.3) is 10.9 Å². The fraction of sp³-hybridized carbons (Fsp3) is 0.333. The van der Waals surface area contributed by atoms with Crippen molar-refractivity contribution in [3.63, 3.8) is 0 Å². The molecule has 0 aliphatic carbocycles. The summed E-state index contributed by atoms with van der Waals surface area (Å²) < 4.78 is 11.7. The van der Waals surface area contributed by atoms with E-state index in [1.54, 1.807) is 39.0 Å². The highest BCUT2D eigenvalue weighted by Gasteiger charge is 2.24. The molecule has 112 valence electrons. The van der Waals surface area contributed by atoms with Crippen LogP contribution in [0.4, 0.5) is 4.79 Å². The molecule has 21 heavy (non-hydrogen) atoms. The Morgan fingerprint density at radius 2 is 1.90 bits per heavy atom. The van der Waals surface area contributed by atoms with E-state index in [4.69, 9.17) is 9.47 Å². The number of rotatable bonds is 2. The van der Waals surface area contributed by atoms with E-state index in [9.17, 15) is 14.7 Å². The lowest BCUT2D eigenvalue weighted by Crippen LogP contribution is -2.26. The molecular formula is C15H17NO5. The van der Waals surface area contributed by atoms with Gasteiger partial charge in [0.05, 0.1) is 23.6 Å². The van der Waals surface area contributed by atoms with Crippen molar-refractivity contribution in [1.82, 2.24) is 4.57 Å². The van der Waals surface area contributed by atoms with Gasteiger partial charge in [0.1, 0.15) is 11.4 Å². The topological polar surface area (TPSA) is 77.8 Å². The van der Waals surface area contributed by atoms with Gasteiger partial charge in [-0.25, -0.2) is 9.59 Å². The maximum Gasteiger partial charge on any atom is 0.419 e. The van der Waals surface area contributed by atoms with Crippen LogP contribution in [0, 0.1) is 0 Å². The molecule has 0 bridgehead atoms. The van der Waals surface area contributed by atoms with Crippen LogP contribution in [-0.2, 0) is 4.74 Å². The molecule has 0 fully saturated rings. The van der Waals surface area contributed by atoms with Crippen LogP contribution in [0.3, 0.4) is 0 Å². The molecule has 0 saturated carbocycles. The van der Waals surface area contributed by atoms with E-state index < -0.39 is 17.7 Å². The van der Waals surface area contributed by atoms with Crippen molar-refractivity contribution in [3.05, 3.63) is 30.0 Å². The molecule has 0 spiro atoms. The van der Waals surface area contributed by atoms with Gasteiger partial charge in [0.25, 0.3) is 0 Å². The smallest absolute Gasteiger partial charge is 0.419 e. The predicted octanol–water partition coefficient (Wildman–Crippen LogP) is 3.13. The Hall–Kier alpha value is -2.50. The second-order valence-corrected chi connectivity index (χ2v) is 5.55. The third kappa shape index (κ3) is 2.84. The molecule has 2 aromatic rings. The Kier molecular flexibility index (Phi) is 3.63. The molecule has 1 N–H and O–H groups in total. The van der Waals surface area contributed by atoms with Crippen LogP contribution in [0.5, 0.6) is 5.75 Å². The number of hydrogen-bond acceptors (Lipinski definition) is 4. The van der Waals surface area contributed by atoms with Gasteiger partial charge >= 0.3 is 12.1 Å². The molecule has 0 aliphatic heterocycles. The largest absolute Gasteiger partial charge is 0.496 e. The molecule has 0 unspecified atom stereocenters. The molecule has 0 saturated heterocycles. The number of carboxylic acid groups (broad SMARTS) is 1. The first kappa shape index (κ1) is 14.9. The first-order valence-corrected chi connectivity index (χ1v) is 6.39. The highest BCUT2D eigenvalue weighted by molar-refractivity contribution is 6.08. The van der Waals surface area contributed by atoms with E-state index in [0.29, 0.717) is 16.7 Å². The van der Waals surface area contributed by atoms with Crippen molar-refractivity contribution in [2.75, 3.05) is 7.11 Å². The van der Waals surface area contributed by atoms with E-state index in [1.807, 2.05) is 0 Å². The van der Waals surface area contributed by atoms with Crippen LogP contribution in [-0.4, -0.2) is 34.4 Å². The second-order valence-electron chi connectivity index (χ2n) is 5.55. The molecule has 1 aromatic heterocycles. The third-order valence-corrected chi connectivity index (χ3v) is 2.83. The number of fused-ring (bicyclic) bond motifs is 1. The Morgan fingerprint density at radius 1 is 1.24 bits per heavy atom. The average molecular weight is 291 g/mol. The Bertz CT molecular complexity index is 709. The zero-order valence-corrected chi connectivity index (χ0v) is 12.3. The van der Waals surface area contributed by atoms with E-state index in [-0.39, 0.29) is 5.56 Å². The van der Waals surface area contributed by atoms with Crippen LogP contribution in [0.1, 0.15) is 31.1 Å². The highest BCUT2D eigenvalue weighted by Crippen LogP contribution is 2.31. The molecule has 0 radical (unpaired) electrons. The highest BCUT2D eigenvalue weighted by atomic mass is 16.6. The van der Waals surface area contributed by atoms with Crippen molar-refractivity contribution in [2.45, 2.75) is 26.4 Å². The lowest BCUT2D eigenvalue weighted by molar-refractivity contribution is 0.0544. The summed E-state index contributed by atoms with van der Waals surface area (Å²) in [6.45, 7) is 5.24. The summed E-state index contributed by atoms with van der Waals surface area (Å²) in [6.07, 6.45) is 0.622. The van der Waals surface area contributed by atoms with Gasteiger partial charge in [-0.3, -0.25) is 4.57 Å². The van der Waals surface area contributed by atoms with E-state index in [2.05, 4.69) is 0 Å². The monoisotopic (exact) mass is 291 g/mol. The zero-order chi connectivity index (χ0) is 15.8. The normalized spacial score (nSPS) is 11.4. The SMILES string of the molecule is COc1cccc2c1c(C(=O)O)cn2C(=O)OC(C)(C)C. The fourth-order valence-corrected chi connectivity index (χ4v) is 2.05. The van der Waals surface area contributed by atoms with Gasteiger partial charge in [-0.1, -0.05) is 6.07 Å². The lowest BCUT2D eigenvalue weighted by atomic mass is 10.1. The van der Waals surface area contributed by atoms with Crippen LogP contribution in [0.15, 0.2) is 24.4 Å². The number of carboxylic acids is 1. The quantitative estimate of drug-likeness (QED) is 0.919. The standard InChI is InChI=1S/C15H17NO5/c1-15(2,3)21-14(19)16-8-9(13(17)18)12-10(16)6-5-7-11(12)20-4/h5-8H,1-4H3,(H,17,18). The van der Waals surface area contributed by atoms with Gasteiger partial charge in [-0.2, -0.15) is 0 Å². The van der Waals surface area contributed by atoms with Crippen LogP contribution in [0.2, 0.25) is 0 Å². The van der Waals surface area contributed by atoms with Gasteiger partial charge in [0.15, 0.2) is 0 Å². The number of aromatic carboxylic acids is 1. The molecule has 0 atom stereocenters. The van der Waals surface area contributed by atoms with Crippen LogP contribution >= 0.6 is 0 Å². The minimum atomic E-state index is -1.13. The summed E-state index contributed by atoms with van der Waals surface area (Å²) in [5.41, 5.74) is -0.245. The van der Waals surface area contributed by atoms with Crippen LogP contribution < -0.4 is 4.74 Å². The van der Waals surface area contributed by atoms with Gasteiger partial charge in [-0.15, -0.1) is 0 Å². The number of carbonyl (C=O) groups excluding carboxylic acids is 1. The number of aromatic nitrogens is 1. The van der Waals surface area contributed by atoms with Gasteiger partial charge in [0, 0.05) is 6.20 Å². The minimum Gasteiger partial charge on any atom is -0.496 e. The number of benzene rings is 1. The third-order valence-electron chi connectivity index (χ3n) is 2.83. The number of carbonyl (C=O) groups is 2. The molecule has 1 aromatic carbocycles. The number of ether oxygens (including phenoxy) is 2. The summed E-state index contributed by atoms with van der Waals surface area (Å²) in [4.78, 5) is 23.6. The molecule has 0 amide bonds. The first-order valence-electron chi connectivity index (χ1n) is 6.39. The Labute approximate surface area is 121 Å².